The molecule has 2 aromatic rings. The van der Waals surface area contributed by atoms with Gasteiger partial charge in [-0.1, -0.05) is 24.3 Å². The van der Waals surface area contributed by atoms with Gasteiger partial charge < -0.3 is 19.7 Å². The van der Waals surface area contributed by atoms with Crippen LogP contribution in [0.2, 0.25) is 0 Å². The molecule has 0 saturated carbocycles. The number of allylic oxidation sites excluding steroid dienone is 3. The number of Topliss-reactive ketones (excluding diaryl/α,β-unsaturated/α-hetero) is 1. The number of anilines is 1. The van der Waals surface area contributed by atoms with Crippen molar-refractivity contribution < 1.29 is 19.1 Å². The fraction of sp³-hybridized carbons (Fsp3) is 0.333. The lowest BCUT2D eigenvalue weighted by atomic mass is 9.75. The van der Waals surface area contributed by atoms with Gasteiger partial charge in [0.2, 0.25) is 0 Å². The number of benzene rings is 2. The standard InChI is InChI=1S/C27H30N2O4/c1-17-24(27(31)33-16-18-8-14-21(32-4)15-9-18)25(19-10-12-20(13-11-19)29(2)3)26-22(28-17)6-5-7-23(26)30/h8-15,25,28H,5-7,16H2,1-4H3. The number of nitrogens with one attached hydrogen (secondary N) is 1. The van der Waals surface area contributed by atoms with E-state index in [0.717, 1.165) is 46.8 Å². The summed E-state index contributed by atoms with van der Waals surface area (Å²) < 4.78 is 10.9. The van der Waals surface area contributed by atoms with Gasteiger partial charge in [0.25, 0.3) is 0 Å². The Labute approximate surface area is 194 Å². The molecule has 172 valence electrons. The highest BCUT2D eigenvalue weighted by molar-refractivity contribution is 6.03. The monoisotopic (exact) mass is 446 g/mol. The molecule has 0 bridgehead atoms. The molecule has 1 aliphatic heterocycles. The Morgan fingerprint density at radius 1 is 1.06 bits per heavy atom. The lowest BCUT2D eigenvalue weighted by molar-refractivity contribution is -0.140. The molecule has 1 atom stereocenters. The van der Waals surface area contributed by atoms with Gasteiger partial charge in [0.15, 0.2) is 5.78 Å². The molecule has 1 heterocycles. The topological polar surface area (TPSA) is 67.9 Å². The van der Waals surface area contributed by atoms with E-state index >= 15 is 0 Å². The molecule has 0 aromatic heterocycles. The number of dihydropyridines is 1. The Bertz CT molecular complexity index is 1110. The first-order valence-electron chi connectivity index (χ1n) is 11.2. The molecular formula is C27H30N2O4. The largest absolute Gasteiger partial charge is 0.497 e. The summed E-state index contributed by atoms with van der Waals surface area (Å²) in [4.78, 5) is 28.4. The van der Waals surface area contributed by atoms with Gasteiger partial charge in [0.05, 0.1) is 12.7 Å². The maximum absolute atomic E-state index is 13.4. The molecule has 6 heteroatoms. The minimum absolute atomic E-state index is 0.0957. The van der Waals surface area contributed by atoms with Crippen molar-refractivity contribution in [2.75, 3.05) is 26.1 Å². The summed E-state index contributed by atoms with van der Waals surface area (Å²) in [6, 6.07) is 15.4. The molecule has 1 unspecified atom stereocenters. The molecule has 1 aliphatic carbocycles. The molecule has 2 aliphatic rings. The molecule has 0 radical (unpaired) electrons. The second kappa shape index (κ2) is 9.53. The van der Waals surface area contributed by atoms with Gasteiger partial charge in [0, 0.05) is 49.1 Å². The van der Waals surface area contributed by atoms with Crippen molar-refractivity contribution in [1.29, 1.82) is 0 Å². The van der Waals surface area contributed by atoms with Crippen LogP contribution in [0.5, 0.6) is 5.75 Å². The summed E-state index contributed by atoms with van der Waals surface area (Å²) in [5, 5.41) is 3.34. The SMILES string of the molecule is COc1ccc(COC(=O)C2=C(C)NC3=C(C(=O)CCC3)C2c2ccc(N(C)C)cc2)cc1. The Hall–Kier alpha value is -3.54. The summed E-state index contributed by atoms with van der Waals surface area (Å²) in [6.07, 6.45) is 2.13. The summed E-state index contributed by atoms with van der Waals surface area (Å²) in [5.74, 6) is -0.00827. The zero-order valence-electron chi connectivity index (χ0n) is 19.6. The predicted molar refractivity (Wildman–Crippen MR) is 128 cm³/mol. The van der Waals surface area contributed by atoms with Crippen LogP contribution in [0.25, 0.3) is 0 Å². The van der Waals surface area contributed by atoms with Crippen molar-refractivity contribution in [3.63, 3.8) is 0 Å². The number of ether oxygens (including phenoxy) is 2. The van der Waals surface area contributed by atoms with Crippen LogP contribution in [0.4, 0.5) is 5.69 Å². The van der Waals surface area contributed by atoms with E-state index in [0.29, 0.717) is 17.6 Å². The molecule has 0 fully saturated rings. The van der Waals surface area contributed by atoms with Gasteiger partial charge in [-0.15, -0.1) is 0 Å². The van der Waals surface area contributed by atoms with Gasteiger partial charge in [-0.25, -0.2) is 4.79 Å². The van der Waals surface area contributed by atoms with Crippen molar-refractivity contribution in [2.45, 2.75) is 38.7 Å². The minimum atomic E-state index is -0.436. The molecule has 0 saturated heterocycles. The van der Waals surface area contributed by atoms with Crippen molar-refractivity contribution in [1.82, 2.24) is 5.32 Å². The number of nitrogens with zero attached hydrogens (tertiary/aromatic N) is 1. The Morgan fingerprint density at radius 3 is 2.39 bits per heavy atom. The first-order valence-corrected chi connectivity index (χ1v) is 11.2. The minimum Gasteiger partial charge on any atom is -0.497 e. The number of carbonyl (C=O) groups excluding carboxylic acids is 2. The highest BCUT2D eigenvalue weighted by Gasteiger charge is 2.39. The smallest absolute Gasteiger partial charge is 0.337 e. The van der Waals surface area contributed by atoms with Gasteiger partial charge in [-0.2, -0.15) is 0 Å². The average molecular weight is 447 g/mol. The van der Waals surface area contributed by atoms with Gasteiger partial charge >= 0.3 is 5.97 Å². The fourth-order valence-electron chi connectivity index (χ4n) is 4.50. The number of rotatable bonds is 6. The van der Waals surface area contributed by atoms with Gasteiger partial charge in [0.1, 0.15) is 12.4 Å². The molecule has 0 spiro atoms. The van der Waals surface area contributed by atoms with Crippen molar-refractivity contribution in [3.8, 4) is 5.75 Å². The van der Waals surface area contributed by atoms with Crippen LogP contribution < -0.4 is 15.0 Å². The van der Waals surface area contributed by atoms with E-state index in [1.54, 1.807) is 7.11 Å². The first kappa shape index (κ1) is 22.6. The van der Waals surface area contributed by atoms with E-state index in [4.69, 9.17) is 9.47 Å². The van der Waals surface area contributed by atoms with Crippen molar-refractivity contribution >= 4 is 17.4 Å². The molecule has 1 N–H and O–H groups in total. The predicted octanol–water partition coefficient (Wildman–Crippen LogP) is 4.47. The van der Waals surface area contributed by atoms with Crippen LogP contribution in [0, 0.1) is 0 Å². The second-order valence-electron chi connectivity index (χ2n) is 8.68. The number of carbonyl (C=O) groups is 2. The van der Waals surface area contributed by atoms with E-state index in [9.17, 15) is 9.59 Å². The normalized spacial score (nSPS) is 17.9. The van der Waals surface area contributed by atoms with Crippen LogP contribution in [-0.2, 0) is 20.9 Å². The highest BCUT2D eigenvalue weighted by atomic mass is 16.5. The van der Waals surface area contributed by atoms with E-state index in [2.05, 4.69) is 5.32 Å². The van der Waals surface area contributed by atoms with Crippen LogP contribution in [0.1, 0.15) is 43.2 Å². The Balaban J connectivity index is 1.66. The highest BCUT2D eigenvalue weighted by Crippen LogP contribution is 2.42. The van der Waals surface area contributed by atoms with Gasteiger partial charge in [-0.3, -0.25) is 4.79 Å². The van der Waals surface area contributed by atoms with Crippen LogP contribution in [0.3, 0.4) is 0 Å². The Morgan fingerprint density at radius 2 is 1.76 bits per heavy atom. The molecule has 4 rings (SSSR count). The zero-order chi connectivity index (χ0) is 23.5. The van der Waals surface area contributed by atoms with Crippen molar-refractivity contribution in [2.24, 2.45) is 0 Å². The van der Waals surface area contributed by atoms with Crippen molar-refractivity contribution in [3.05, 3.63) is 82.2 Å². The van der Waals surface area contributed by atoms with Gasteiger partial charge in [-0.05, 0) is 55.2 Å². The summed E-state index contributed by atoms with van der Waals surface area (Å²) in [6.45, 7) is 2.03. The Kier molecular flexibility index (Phi) is 6.54. The molecule has 0 amide bonds. The van der Waals surface area contributed by atoms with E-state index in [-0.39, 0.29) is 12.4 Å². The summed E-state index contributed by atoms with van der Waals surface area (Å²) in [5.41, 5.74) is 5.70. The zero-order valence-corrected chi connectivity index (χ0v) is 19.6. The maximum atomic E-state index is 13.4. The molecular weight excluding hydrogens is 416 g/mol. The maximum Gasteiger partial charge on any atom is 0.337 e. The number of esters is 1. The molecule has 33 heavy (non-hydrogen) atoms. The fourth-order valence-corrected chi connectivity index (χ4v) is 4.50. The lowest BCUT2D eigenvalue weighted by Crippen LogP contribution is -2.34. The molecule has 6 nitrogen and oxygen atoms in total. The summed E-state index contributed by atoms with van der Waals surface area (Å²) in [7, 11) is 5.58. The molecule has 2 aromatic carbocycles. The second-order valence-corrected chi connectivity index (χ2v) is 8.68. The van der Waals surface area contributed by atoms with Crippen LogP contribution in [-0.4, -0.2) is 33.0 Å². The third-order valence-electron chi connectivity index (χ3n) is 6.27. The third kappa shape index (κ3) is 4.65. The number of ketones is 1. The van der Waals surface area contributed by atoms with Crippen LogP contribution >= 0.6 is 0 Å². The van der Waals surface area contributed by atoms with E-state index < -0.39 is 11.9 Å². The number of hydrogen-bond donors (Lipinski definition) is 1. The number of methoxy groups -OCH3 is 1. The van der Waals surface area contributed by atoms with Crippen LogP contribution in [0.15, 0.2) is 71.1 Å². The summed E-state index contributed by atoms with van der Waals surface area (Å²) >= 11 is 0. The average Bonchev–Trinajstić information content (AvgIpc) is 2.82. The van der Waals surface area contributed by atoms with E-state index in [1.165, 1.54) is 0 Å². The first-order chi connectivity index (χ1) is 15.9. The lowest BCUT2D eigenvalue weighted by Gasteiger charge is -2.34. The van der Waals surface area contributed by atoms with E-state index in [1.807, 2.05) is 74.4 Å². The quantitative estimate of drug-likeness (QED) is 0.661. The number of hydrogen-bond acceptors (Lipinski definition) is 6. The third-order valence-corrected chi connectivity index (χ3v) is 6.27.